The molecule has 0 saturated heterocycles. The normalized spacial score (nSPS) is 10.4. The van der Waals surface area contributed by atoms with Gasteiger partial charge in [-0.25, -0.2) is 0 Å². The van der Waals surface area contributed by atoms with E-state index in [1.165, 1.54) is 0 Å². The Hall–Kier alpha value is -3.12. The molecule has 0 unspecified atom stereocenters. The largest absolute Gasteiger partial charge is 0.494 e. The molecule has 0 saturated carbocycles. The lowest BCUT2D eigenvalue weighted by atomic mass is 10.1. The molecule has 0 bridgehead atoms. The summed E-state index contributed by atoms with van der Waals surface area (Å²) in [5, 5.41) is 2.85. The molecule has 1 aromatic heterocycles. The van der Waals surface area contributed by atoms with Gasteiger partial charge in [0.15, 0.2) is 5.78 Å². The van der Waals surface area contributed by atoms with Gasteiger partial charge in [0, 0.05) is 47.1 Å². The zero-order valence-electron chi connectivity index (χ0n) is 16.8. The zero-order chi connectivity index (χ0) is 21.2. The summed E-state index contributed by atoms with van der Waals surface area (Å²) in [5.74, 6) is 1.34. The standard InChI is InChI=1S/C24H24N2O3S/c1-2-29-21-9-5-19(6-10-21)23(27)13-14-24(28)26-20-7-11-22(12-8-20)30-17-18-4-3-15-25-16-18/h3-12,15-16H,2,13-14,17H2,1H3,(H,26,28). The van der Waals surface area contributed by atoms with E-state index in [1.807, 2.05) is 49.5 Å². The maximum Gasteiger partial charge on any atom is 0.224 e. The number of carbonyl (C=O) groups is 2. The molecule has 2 aromatic carbocycles. The van der Waals surface area contributed by atoms with Gasteiger partial charge in [-0.05, 0) is 67.1 Å². The molecule has 1 N–H and O–H groups in total. The van der Waals surface area contributed by atoms with Crippen molar-refractivity contribution >= 4 is 29.1 Å². The van der Waals surface area contributed by atoms with Gasteiger partial charge >= 0.3 is 0 Å². The number of ketones is 1. The molecule has 0 spiro atoms. The molecule has 6 heteroatoms. The topological polar surface area (TPSA) is 68.3 Å². The van der Waals surface area contributed by atoms with Gasteiger partial charge in [0.1, 0.15) is 5.75 Å². The van der Waals surface area contributed by atoms with Crippen LogP contribution in [0.15, 0.2) is 78.0 Å². The van der Waals surface area contributed by atoms with Crippen molar-refractivity contribution in [3.05, 3.63) is 84.2 Å². The number of carbonyl (C=O) groups excluding carboxylic acids is 2. The van der Waals surface area contributed by atoms with Crippen molar-refractivity contribution < 1.29 is 14.3 Å². The fourth-order valence-electron chi connectivity index (χ4n) is 2.78. The highest BCUT2D eigenvalue weighted by molar-refractivity contribution is 7.98. The van der Waals surface area contributed by atoms with Crippen LogP contribution in [0.3, 0.4) is 0 Å². The van der Waals surface area contributed by atoms with Crippen molar-refractivity contribution in [3.8, 4) is 5.75 Å². The van der Waals surface area contributed by atoms with Crippen LogP contribution in [0.5, 0.6) is 5.75 Å². The minimum atomic E-state index is -0.176. The molecule has 5 nitrogen and oxygen atoms in total. The van der Waals surface area contributed by atoms with Crippen LogP contribution in [0, 0.1) is 0 Å². The van der Waals surface area contributed by atoms with E-state index < -0.39 is 0 Å². The van der Waals surface area contributed by atoms with Crippen LogP contribution < -0.4 is 10.1 Å². The minimum absolute atomic E-state index is 0.0599. The van der Waals surface area contributed by atoms with Crippen molar-refractivity contribution in [2.24, 2.45) is 0 Å². The number of pyridine rings is 1. The molecular weight excluding hydrogens is 396 g/mol. The van der Waals surface area contributed by atoms with Gasteiger partial charge in [0.05, 0.1) is 6.61 Å². The van der Waals surface area contributed by atoms with Crippen LogP contribution in [0.25, 0.3) is 0 Å². The van der Waals surface area contributed by atoms with Crippen LogP contribution in [0.4, 0.5) is 5.69 Å². The van der Waals surface area contributed by atoms with E-state index in [-0.39, 0.29) is 24.5 Å². The highest BCUT2D eigenvalue weighted by atomic mass is 32.2. The third-order valence-electron chi connectivity index (χ3n) is 4.33. The van der Waals surface area contributed by atoms with E-state index in [0.717, 1.165) is 27.6 Å². The van der Waals surface area contributed by atoms with Crippen LogP contribution in [0.2, 0.25) is 0 Å². The number of hydrogen-bond acceptors (Lipinski definition) is 5. The van der Waals surface area contributed by atoms with Crippen molar-refractivity contribution in [2.75, 3.05) is 11.9 Å². The lowest BCUT2D eigenvalue weighted by Crippen LogP contribution is -2.13. The first-order chi connectivity index (χ1) is 14.6. The number of anilines is 1. The van der Waals surface area contributed by atoms with Gasteiger partial charge in [-0.3, -0.25) is 14.6 Å². The van der Waals surface area contributed by atoms with E-state index in [1.54, 1.807) is 42.2 Å². The minimum Gasteiger partial charge on any atom is -0.494 e. The molecule has 0 aliphatic heterocycles. The maximum absolute atomic E-state index is 12.3. The van der Waals surface area contributed by atoms with Crippen molar-refractivity contribution in [3.63, 3.8) is 0 Å². The maximum atomic E-state index is 12.3. The Morgan fingerprint density at radius 1 is 1.00 bits per heavy atom. The van der Waals surface area contributed by atoms with Crippen molar-refractivity contribution in [2.45, 2.75) is 30.4 Å². The van der Waals surface area contributed by atoms with Gasteiger partial charge < -0.3 is 10.1 Å². The third kappa shape index (κ3) is 6.74. The second kappa shape index (κ2) is 11.2. The van der Waals surface area contributed by atoms with Crippen molar-refractivity contribution in [1.82, 2.24) is 4.98 Å². The van der Waals surface area contributed by atoms with E-state index in [4.69, 9.17) is 4.74 Å². The van der Waals surface area contributed by atoms with Crippen LogP contribution >= 0.6 is 11.8 Å². The Kier molecular flexibility index (Phi) is 8.03. The fourth-order valence-corrected chi connectivity index (χ4v) is 3.62. The number of nitrogens with one attached hydrogen (secondary N) is 1. The molecule has 3 rings (SSSR count). The first-order valence-electron chi connectivity index (χ1n) is 9.81. The zero-order valence-corrected chi connectivity index (χ0v) is 17.7. The number of hydrogen-bond donors (Lipinski definition) is 1. The first kappa shape index (κ1) is 21.6. The summed E-state index contributed by atoms with van der Waals surface area (Å²) in [6.45, 7) is 2.49. The molecule has 0 aliphatic rings. The summed E-state index contributed by atoms with van der Waals surface area (Å²) >= 11 is 1.71. The molecular formula is C24H24N2O3S. The number of ether oxygens (including phenoxy) is 1. The van der Waals surface area contributed by atoms with Gasteiger partial charge in [0.2, 0.25) is 5.91 Å². The summed E-state index contributed by atoms with van der Waals surface area (Å²) in [4.78, 5) is 29.7. The predicted octanol–water partition coefficient (Wildman–Crippen LogP) is 5.37. The number of Topliss-reactive ketones (excluding diaryl/α,β-unsaturated/α-hetero) is 1. The summed E-state index contributed by atoms with van der Waals surface area (Å²) in [6.07, 6.45) is 3.93. The molecule has 1 heterocycles. The average molecular weight is 421 g/mol. The second-order valence-corrected chi connectivity index (χ2v) is 7.65. The monoisotopic (exact) mass is 420 g/mol. The summed E-state index contributed by atoms with van der Waals surface area (Å²) in [7, 11) is 0. The van der Waals surface area contributed by atoms with Crippen molar-refractivity contribution in [1.29, 1.82) is 0 Å². The van der Waals surface area contributed by atoms with Crippen LogP contribution in [-0.4, -0.2) is 23.3 Å². The number of nitrogens with zero attached hydrogens (tertiary/aromatic N) is 1. The highest BCUT2D eigenvalue weighted by Crippen LogP contribution is 2.24. The Bertz CT molecular complexity index is 958. The van der Waals surface area contributed by atoms with E-state index in [9.17, 15) is 9.59 Å². The number of aromatic nitrogens is 1. The van der Waals surface area contributed by atoms with E-state index in [2.05, 4.69) is 10.3 Å². The van der Waals surface area contributed by atoms with Gasteiger partial charge in [-0.1, -0.05) is 6.07 Å². The number of benzene rings is 2. The van der Waals surface area contributed by atoms with Gasteiger partial charge in [-0.15, -0.1) is 11.8 Å². The summed E-state index contributed by atoms with van der Waals surface area (Å²) in [5.41, 5.74) is 2.47. The molecule has 30 heavy (non-hydrogen) atoms. The average Bonchev–Trinajstić information content (AvgIpc) is 2.78. The van der Waals surface area contributed by atoms with Crippen LogP contribution in [-0.2, 0) is 10.5 Å². The summed E-state index contributed by atoms with van der Waals surface area (Å²) in [6, 6.07) is 18.7. The lowest BCUT2D eigenvalue weighted by molar-refractivity contribution is -0.116. The molecule has 154 valence electrons. The Balaban J connectivity index is 1.43. The summed E-state index contributed by atoms with van der Waals surface area (Å²) < 4.78 is 5.37. The SMILES string of the molecule is CCOc1ccc(C(=O)CCC(=O)Nc2ccc(SCc3cccnc3)cc2)cc1. The Morgan fingerprint density at radius 3 is 2.43 bits per heavy atom. The predicted molar refractivity (Wildman–Crippen MR) is 120 cm³/mol. The number of thioether (sulfide) groups is 1. The van der Waals surface area contributed by atoms with Gasteiger partial charge in [-0.2, -0.15) is 0 Å². The van der Waals surface area contributed by atoms with E-state index >= 15 is 0 Å². The molecule has 1 amide bonds. The molecule has 0 aliphatic carbocycles. The number of rotatable bonds is 10. The number of amides is 1. The quantitative estimate of drug-likeness (QED) is 0.353. The molecule has 0 atom stereocenters. The van der Waals surface area contributed by atoms with Crippen LogP contribution in [0.1, 0.15) is 35.7 Å². The highest BCUT2D eigenvalue weighted by Gasteiger charge is 2.10. The first-order valence-corrected chi connectivity index (χ1v) is 10.8. The third-order valence-corrected chi connectivity index (χ3v) is 5.42. The molecule has 0 radical (unpaired) electrons. The molecule has 0 fully saturated rings. The molecule has 3 aromatic rings. The Morgan fingerprint density at radius 2 is 1.77 bits per heavy atom. The smallest absolute Gasteiger partial charge is 0.224 e. The van der Waals surface area contributed by atoms with E-state index in [0.29, 0.717) is 12.2 Å². The lowest BCUT2D eigenvalue weighted by Gasteiger charge is -2.07. The van der Waals surface area contributed by atoms with Gasteiger partial charge in [0.25, 0.3) is 0 Å². The second-order valence-electron chi connectivity index (χ2n) is 6.60. The Labute approximate surface area is 180 Å². The fraction of sp³-hybridized carbons (Fsp3) is 0.208.